The van der Waals surface area contributed by atoms with Crippen molar-refractivity contribution in [2.45, 2.75) is 38.8 Å². The molecule has 30 heteroatoms. The first-order valence-corrected chi connectivity index (χ1v) is 33.3. The summed E-state index contributed by atoms with van der Waals surface area (Å²) in [5.74, 6) is -4.54. The molecule has 15 aromatic rings. The van der Waals surface area contributed by atoms with Crippen molar-refractivity contribution in [1.29, 1.82) is 0 Å². The van der Waals surface area contributed by atoms with Crippen LogP contribution in [-0.4, -0.2) is 110 Å². The van der Waals surface area contributed by atoms with E-state index in [9.17, 15) is 51.6 Å². The lowest BCUT2D eigenvalue weighted by Gasteiger charge is -2.09. The normalized spacial score (nSPS) is 10.6. The SMILES string of the molecule is Ic1[nH]nc2ncccc12.Ic1[nH]nc2ncccc12.O=C(CCc1cccc(-c2[nH]nc3ncccc23)c1)c1cccn(Cc2ccc(F)c(F)c2)c1=O.O=C(CCc1cccc(B(O)O)c1)c1cccn(Cc2ccc(F)c(F)c2)c1=O.O=Cc1cccnc1Cl.c1cnc2[nH]ncc2c1. The number of fused-ring (bicyclic) bond motifs is 4. The van der Waals surface area contributed by atoms with Crippen molar-refractivity contribution < 1.29 is 42.0 Å². The van der Waals surface area contributed by atoms with Crippen LogP contribution in [0.15, 0.2) is 229 Å². The highest BCUT2D eigenvalue weighted by Crippen LogP contribution is 2.27. The van der Waals surface area contributed by atoms with Crippen LogP contribution in [0.1, 0.15) is 66.2 Å². The van der Waals surface area contributed by atoms with E-state index in [0.29, 0.717) is 46.9 Å². The lowest BCUT2D eigenvalue weighted by Crippen LogP contribution is -2.30. The number of H-pyrrole nitrogens is 4. The van der Waals surface area contributed by atoms with E-state index in [2.05, 4.69) is 111 Å². The summed E-state index contributed by atoms with van der Waals surface area (Å²) in [6.45, 7) is 0.0415. The number of ketones is 2. The number of hydrogen-bond acceptors (Lipinski definition) is 16. The molecular weight excluding hydrogens is 1560 g/mol. The Balaban J connectivity index is 0.000000146. The summed E-state index contributed by atoms with van der Waals surface area (Å²) in [6.07, 6.45) is 14.9. The second kappa shape index (κ2) is 35.8. The highest BCUT2D eigenvalue weighted by Gasteiger charge is 2.18. The third kappa shape index (κ3) is 19.7. The van der Waals surface area contributed by atoms with Crippen LogP contribution in [0, 0.1) is 30.7 Å². The number of rotatable bonds is 15. The van der Waals surface area contributed by atoms with Crippen molar-refractivity contribution in [3.8, 4) is 11.3 Å². The lowest BCUT2D eigenvalue weighted by molar-refractivity contribution is 0.0973. The third-order valence-electron chi connectivity index (χ3n) is 15.1. The zero-order chi connectivity index (χ0) is 72.1. The smallest absolute Gasteiger partial charge is 0.423 e. The number of aldehydes is 1. The van der Waals surface area contributed by atoms with E-state index in [4.69, 9.17) is 11.6 Å². The summed E-state index contributed by atoms with van der Waals surface area (Å²) in [4.78, 5) is 81.1. The van der Waals surface area contributed by atoms with Crippen LogP contribution in [0.25, 0.3) is 55.4 Å². The molecule has 0 spiro atoms. The lowest BCUT2D eigenvalue weighted by atomic mass is 9.79. The van der Waals surface area contributed by atoms with E-state index in [1.165, 1.54) is 52.0 Å². The molecule has 0 saturated heterocycles. The Morgan fingerprint density at radius 3 is 1.51 bits per heavy atom. The first-order chi connectivity index (χ1) is 49.4. The van der Waals surface area contributed by atoms with Gasteiger partial charge in [-0.15, -0.1) is 0 Å². The zero-order valence-electron chi connectivity index (χ0n) is 53.2. The van der Waals surface area contributed by atoms with Gasteiger partial charge in [0.25, 0.3) is 11.1 Å². The van der Waals surface area contributed by atoms with Gasteiger partial charge in [0.05, 0.1) is 52.4 Å². The summed E-state index contributed by atoms with van der Waals surface area (Å²) >= 11 is 9.87. The maximum Gasteiger partial charge on any atom is 0.488 e. The zero-order valence-corrected chi connectivity index (χ0v) is 58.3. The van der Waals surface area contributed by atoms with Crippen LogP contribution < -0.4 is 16.6 Å². The molecule has 11 heterocycles. The Labute approximate surface area is 608 Å². The second-order valence-corrected chi connectivity index (χ2v) is 24.5. The van der Waals surface area contributed by atoms with Gasteiger partial charge in [0.1, 0.15) is 12.6 Å². The van der Waals surface area contributed by atoms with Gasteiger partial charge in [-0.25, -0.2) is 42.5 Å². The van der Waals surface area contributed by atoms with Gasteiger partial charge < -0.3 is 19.2 Å². The monoisotopic (exact) mass is 1620 g/mol. The molecule has 0 radical (unpaired) electrons. The summed E-state index contributed by atoms with van der Waals surface area (Å²) in [7, 11) is -1.59. The first-order valence-electron chi connectivity index (χ1n) is 30.8. The molecule has 6 N–H and O–H groups in total. The van der Waals surface area contributed by atoms with E-state index >= 15 is 0 Å². The van der Waals surface area contributed by atoms with E-state index in [-0.39, 0.29) is 53.8 Å². The van der Waals surface area contributed by atoms with Gasteiger partial charge in [0, 0.05) is 72.6 Å². The van der Waals surface area contributed by atoms with E-state index in [1.54, 1.807) is 79.5 Å². The second-order valence-electron chi connectivity index (χ2n) is 22.0. The maximum atomic E-state index is 13.5. The number of benzene rings is 4. The van der Waals surface area contributed by atoms with E-state index in [0.717, 1.165) is 92.5 Å². The van der Waals surface area contributed by atoms with Crippen molar-refractivity contribution in [2.75, 3.05) is 0 Å². The number of halogens is 7. The number of aryl methyl sites for hydroxylation is 2. The molecule has 11 aromatic heterocycles. The van der Waals surface area contributed by atoms with Crippen molar-refractivity contribution >= 4 is 131 Å². The minimum atomic E-state index is -1.59. The fraction of sp³-hybridized carbons (Fsp3) is 0.0833. The summed E-state index contributed by atoms with van der Waals surface area (Å²) in [5.41, 5.74) is 7.18. The van der Waals surface area contributed by atoms with Gasteiger partial charge in [-0.2, -0.15) is 20.4 Å². The molecule has 0 atom stereocenters. The molecule has 4 aromatic carbocycles. The topological polar surface area (TPSA) is 315 Å². The fourth-order valence-electron chi connectivity index (χ4n) is 9.97. The predicted molar refractivity (Wildman–Crippen MR) is 395 cm³/mol. The molecule has 0 fully saturated rings. The minimum Gasteiger partial charge on any atom is -0.423 e. The molecule has 0 aliphatic rings. The largest absolute Gasteiger partial charge is 0.488 e. The molecule has 22 nitrogen and oxygen atoms in total. The average molecular weight is 1620 g/mol. The van der Waals surface area contributed by atoms with Gasteiger partial charge in [0.2, 0.25) is 0 Å². The standard InChI is InChI=1S/C27H20F2N4O2.C21H18BF2NO4.C6H4ClNO.2C6H4IN3.C6H5N3/c28-22-10-8-18(15-23(22)29)16-33-13-3-7-20(27(33)35)24(34)11-9-17-4-1-5-19(14-17)25-21-6-2-12-30-26(21)32-31-25;23-18-8-6-15(12-19(18)24)13-25-10-2-5-17(21(25)27)20(26)9-7-14-3-1-4-16(11-14)22(28)29;7-6-5(4-9)2-1-3-8-6;2*7-5-4-2-1-3-8-6(4)10-9-5;1-2-5-4-8-9-6(5)7-3-1/h1-8,10,12-15H,9,11,16H2,(H,30,31,32);1-6,8,10-12,28-29H,7,9,13H2;1-4H;2*1-3H,(H,8,9,10);1-4H,(H,7,8,9). The Hall–Kier alpha value is -11.1. The highest BCUT2D eigenvalue weighted by molar-refractivity contribution is 14.1. The quantitative estimate of drug-likeness (QED) is 0.0139. The van der Waals surface area contributed by atoms with Gasteiger partial charge in [-0.05, 0) is 201 Å². The number of hydrogen-bond donors (Lipinski definition) is 6. The number of nitrogens with zero attached hydrogens (tertiary/aromatic N) is 11. The van der Waals surface area contributed by atoms with Gasteiger partial charge >= 0.3 is 7.12 Å². The van der Waals surface area contributed by atoms with E-state index < -0.39 is 41.5 Å². The number of Topliss-reactive ketones (excluding diaryl/α,β-unsaturated/α-hetero) is 2. The highest BCUT2D eigenvalue weighted by atomic mass is 127. The number of pyridine rings is 7. The molecule has 512 valence electrons. The Morgan fingerprint density at radius 2 is 1.00 bits per heavy atom. The van der Waals surface area contributed by atoms with Crippen LogP contribution >= 0.6 is 56.8 Å². The molecule has 0 unspecified atom stereocenters. The Kier molecular flexibility index (Phi) is 25.8. The van der Waals surface area contributed by atoms with Crippen molar-refractivity contribution in [1.82, 2.24) is 74.8 Å². The van der Waals surface area contributed by atoms with Crippen molar-refractivity contribution in [3.05, 3.63) is 315 Å². The summed E-state index contributed by atoms with van der Waals surface area (Å²) < 4.78 is 57.8. The maximum absolute atomic E-state index is 13.5. The van der Waals surface area contributed by atoms with Crippen LogP contribution in [-0.2, 0) is 25.9 Å². The molecule has 0 aliphatic heterocycles. The Bertz CT molecular complexity index is 5440. The predicted octanol–water partition coefficient (Wildman–Crippen LogP) is 12.2. The van der Waals surface area contributed by atoms with Crippen LogP contribution in [0.5, 0.6) is 0 Å². The first kappa shape index (κ1) is 73.6. The van der Waals surface area contributed by atoms with Crippen LogP contribution in [0.3, 0.4) is 0 Å². The van der Waals surface area contributed by atoms with Gasteiger partial charge in [-0.3, -0.25) is 44.4 Å². The summed E-state index contributed by atoms with van der Waals surface area (Å²) in [5, 5.41) is 50.3. The van der Waals surface area contributed by atoms with Crippen LogP contribution in [0.2, 0.25) is 5.15 Å². The molecule has 0 bridgehead atoms. The summed E-state index contributed by atoms with van der Waals surface area (Å²) in [6, 6.07) is 46.0. The van der Waals surface area contributed by atoms with Crippen molar-refractivity contribution in [3.63, 3.8) is 0 Å². The van der Waals surface area contributed by atoms with Crippen LogP contribution in [0.4, 0.5) is 17.6 Å². The number of carbonyl (C=O) groups is 3. The number of aromatic amines is 4. The molecule has 0 saturated carbocycles. The average Bonchev–Trinajstić information content (AvgIpc) is 1.56. The molecule has 15 rings (SSSR count). The fourth-order valence-corrected chi connectivity index (χ4v) is 11.2. The molecule has 0 aliphatic carbocycles. The van der Waals surface area contributed by atoms with E-state index in [1.807, 2.05) is 72.8 Å². The molecule has 102 heavy (non-hydrogen) atoms. The van der Waals surface area contributed by atoms with Gasteiger partial charge in [0.15, 0.2) is 63.7 Å². The third-order valence-corrected chi connectivity index (χ3v) is 17.0. The number of aromatic nitrogens is 15. The molecular formula is C72H55BClF4I2N15O7. The number of carbonyl (C=O) groups excluding carboxylic acids is 3. The minimum absolute atomic E-state index is 0.00753. The van der Waals surface area contributed by atoms with Crippen molar-refractivity contribution in [2.24, 2.45) is 0 Å². The Morgan fingerprint density at radius 1 is 0.510 bits per heavy atom. The van der Waals surface area contributed by atoms with Gasteiger partial charge in [-0.1, -0.05) is 66.2 Å². The number of nitrogens with one attached hydrogen (secondary N) is 4. The molecule has 0 amide bonds.